The van der Waals surface area contributed by atoms with Crippen LogP contribution >= 0.6 is 0 Å². The molecule has 1 saturated heterocycles. The van der Waals surface area contributed by atoms with Crippen molar-refractivity contribution in [2.24, 2.45) is 5.92 Å². The van der Waals surface area contributed by atoms with E-state index in [2.05, 4.69) is 9.62 Å². The first kappa shape index (κ1) is 19.3. The lowest BCUT2D eigenvalue weighted by Gasteiger charge is -2.35. The highest BCUT2D eigenvalue weighted by atomic mass is 32.2. The fourth-order valence-corrected chi connectivity index (χ4v) is 3.52. The molecule has 1 amide bonds. The molecule has 0 saturated carbocycles. The Hall–Kier alpha value is -0.700. The molecule has 1 N–H and O–H groups in total. The molecule has 7 nitrogen and oxygen atoms in total. The van der Waals surface area contributed by atoms with Crippen LogP contribution in [0.1, 0.15) is 20.3 Å². The number of hydrogen-bond donors (Lipinski definition) is 1. The fraction of sp³-hybridized carbons (Fsp3) is 0.929. The monoisotopic (exact) mass is 335 g/mol. The summed E-state index contributed by atoms with van der Waals surface area (Å²) in [7, 11) is -0.0463. The van der Waals surface area contributed by atoms with Gasteiger partial charge in [-0.05, 0) is 19.4 Å². The molecular formula is C14H29N3O4S. The lowest BCUT2D eigenvalue weighted by atomic mass is 10.0. The van der Waals surface area contributed by atoms with Gasteiger partial charge in [0, 0.05) is 33.3 Å². The summed E-state index contributed by atoms with van der Waals surface area (Å²) in [5.74, 6) is -0.0250. The van der Waals surface area contributed by atoms with Crippen molar-refractivity contribution < 1.29 is 17.9 Å². The van der Waals surface area contributed by atoms with E-state index in [0.29, 0.717) is 19.5 Å². The number of amides is 1. The number of hydrogen-bond acceptors (Lipinski definition) is 5. The van der Waals surface area contributed by atoms with Crippen LogP contribution in [0.3, 0.4) is 0 Å². The number of ether oxygens (including phenoxy) is 1. The van der Waals surface area contributed by atoms with Gasteiger partial charge in [-0.1, -0.05) is 13.8 Å². The molecule has 0 spiro atoms. The van der Waals surface area contributed by atoms with E-state index in [1.807, 2.05) is 20.9 Å². The van der Waals surface area contributed by atoms with Gasteiger partial charge in [0.05, 0.1) is 12.4 Å². The van der Waals surface area contributed by atoms with Gasteiger partial charge < -0.3 is 14.5 Å². The molecule has 1 atom stereocenters. The Bertz CT molecular complexity index is 445. The second-order valence-corrected chi connectivity index (χ2v) is 8.11. The molecule has 0 bridgehead atoms. The first-order valence-corrected chi connectivity index (χ1v) is 9.36. The second kappa shape index (κ2) is 8.81. The summed E-state index contributed by atoms with van der Waals surface area (Å²) >= 11 is 0. The van der Waals surface area contributed by atoms with Crippen molar-refractivity contribution in [3.05, 3.63) is 0 Å². The molecule has 22 heavy (non-hydrogen) atoms. The van der Waals surface area contributed by atoms with E-state index in [-0.39, 0.29) is 24.2 Å². The van der Waals surface area contributed by atoms with Crippen molar-refractivity contribution in [1.29, 1.82) is 0 Å². The highest BCUT2D eigenvalue weighted by Gasteiger charge is 2.30. The molecule has 1 heterocycles. The maximum atomic E-state index is 12.6. The fourth-order valence-electron chi connectivity index (χ4n) is 2.39. The minimum absolute atomic E-state index is 0.117. The average molecular weight is 335 g/mol. The molecule has 0 unspecified atom stereocenters. The van der Waals surface area contributed by atoms with Gasteiger partial charge in [-0.2, -0.15) is 0 Å². The summed E-state index contributed by atoms with van der Waals surface area (Å²) in [6, 6.07) is -0.690. The quantitative estimate of drug-likeness (QED) is 0.661. The number of piperazine rings is 1. The Balaban J connectivity index is 2.72. The van der Waals surface area contributed by atoms with Gasteiger partial charge in [-0.25, -0.2) is 13.1 Å². The van der Waals surface area contributed by atoms with Crippen LogP contribution in [-0.2, 0) is 19.6 Å². The predicted octanol–water partition coefficient (Wildman–Crippen LogP) is -0.259. The first-order chi connectivity index (χ1) is 10.2. The summed E-state index contributed by atoms with van der Waals surface area (Å²) in [5, 5.41) is 0. The average Bonchev–Trinajstić information content (AvgIpc) is 2.44. The number of carbonyl (C=O) groups is 1. The number of carbonyl (C=O) groups excluding carboxylic acids is 1. The molecule has 0 aromatic heterocycles. The van der Waals surface area contributed by atoms with Crippen LogP contribution in [0.25, 0.3) is 0 Å². The van der Waals surface area contributed by atoms with Crippen LogP contribution in [-0.4, -0.2) is 82.9 Å². The SMILES string of the molecule is COCCS(=O)(=O)N[C@@H](CC(C)C)C(=O)N1CCN(C)CC1. The maximum Gasteiger partial charge on any atom is 0.240 e. The predicted molar refractivity (Wildman–Crippen MR) is 86.1 cm³/mol. The van der Waals surface area contributed by atoms with Gasteiger partial charge in [0.1, 0.15) is 6.04 Å². The van der Waals surface area contributed by atoms with Crippen LogP contribution in [0, 0.1) is 5.92 Å². The first-order valence-electron chi connectivity index (χ1n) is 7.71. The number of sulfonamides is 1. The van der Waals surface area contributed by atoms with Crippen LogP contribution < -0.4 is 4.72 Å². The zero-order valence-corrected chi connectivity index (χ0v) is 14.9. The molecule has 8 heteroatoms. The number of methoxy groups -OCH3 is 1. The van der Waals surface area contributed by atoms with Crippen molar-refractivity contribution in [1.82, 2.24) is 14.5 Å². The molecule has 0 aromatic rings. The Morgan fingerprint density at radius 2 is 1.82 bits per heavy atom. The minimum atomic E-state index is -3.52. The largest absolute Gasteiger partial charge is 0.384 e. The highest BCUT2D eigenvalue weighted by Crippen LogP contribution is 2.11. The summed E-state index contributed by atoms with van der Waals surface area (Å²) in [6.07, 6.45) is 0.497. The number of nitrogens with zero attached hydrogens (tertiary/aromatic N) is 2. The van der Waals surface area contributed by atoms with Crippen LogP contribution in [0.4, 0.5) is 0 Å². The number of rotatable bonds is 8. The van der Waals surface area contributed by atoms with Gasteiger partial charge in [0.2, 0.25) is 15.9 Å². The third-order valence-corrected chi connectivity index (χ3v) is 5.05. The van der Waals surface area contributed by atoms with Crippen molar-refractivity contribution in [3.8, 4) is 0 Å². The van der Waals surface area contributed by atoms with E-state index >= 15 is 0 Å². The zero-order valence-electron chi connectivity index (χ0n) is 14.0. The summed E-state index contributed by atoms with van der Waals surface area (Å²) < 4.78 is 31.5. The normalized spacial score (nSPS) is 18.7. The second-order valence-electron chi connectivity index (χ2n) is 6.24. The van der Waals surface area contributed by atoms with Gasteiger partial charge in [0.15, 0.2) is 0 Å². The molecule has 130 valence electrons. The van der Waals surface area contributed by atoms with Crippen molar-refractivity contribution in [2.45, 2.75) is 26.3 Å². The summed E-state index contributed by atoms with van der Waals surface area (Å²) in [6.45, 7) is 6.99. The Kier molecular flexibility index (Phi) is 7.75. The molecule has 1 fully saturated rings. The highest BCUT2D eigenvalue weighted by molar-refractivity contribution is 7.89. The van der Waals surface area contributed by atoms with Crippen molar-refractivity contribution in [3.63, 3.8) is 0 Å². The van der Waals surface area contributed by atoms with E-state index in [4.69, 9.17) is 4.74 Å². The van der Waals surface area contributed by atoms with Gasteiger partial charge in [-0.15, -0.1) is 0 Å². The Morgan fingerprint density at radius 3 is 2.32 bits per heavy atom. The molecule has 1 aliphatic heterocycles. The van der Waals surface area contributed by atoms with Gasteiger partial charge >= 0.3 is 0 Å². The summed E-state index contributed by atoms with van der Waals surface area (Å²) in [5.41, 5.74) is 0. The Labute approximate surface area is 134 Å². The Morgan fingerprint density at radius 1 is 1.23 bits per heavy atom. The van der Waals surface area contributed by atoms with Crippen LogP contribution in [0.2, 0.25) is 0 Å². The van der Waals surface area contributed by atoms with Crippen molar-refractivity contribution in [2.75, 3.05) is 52.7 Å². The van der Waals surface area contributed by atoms with Crippen molar-refractivity contribution >= 4 is 15.9 Å². The molecule has 0 aromatic carbocycles. The molecule has 1 rings (SSSR count). The number of likely N-dealkylation sites (N-methyl/N-ethyl adjacent to an activating group) is 1. The third-order valence-electron chi connectivity index (χ3n) is 3.70. The van der Waals surface area contributed by atoms with E-state index in [0.717, 1.165) is 13.1 Å². The van der Waals surface area contributed by atoms with E-state index in [1.165, 1.54) is 7.11 Å². The molecular weight excluding hydrogens is 306 g/mol. The lowest BCUT2D eigenvalue weighted by Crippen LogP contribution is -2.54. The lowest BCUT2D eigenvalue weighted by molar-refractivity contribution is -0.135. The molecule has 1 aliphatic rings. The van der Waals surface area contributed by atoms with E-state index < -0.39 is 16.1 Å². The maximum absolute atomic E-state index is 12.6. The standard InChI is InChI=1S/C14H29N3O4S/c1-12(2)11-13(15-22(19,20)10-9-21-4)14(18)17-7-5-16(3)6-8-17/h12-13,15H,5-11H2,1-4H3/t13-/m0/s1. The minimum Gasteiger partial charge on any atom is -0.384 e. The van der Waals surface area contributed by atoms with Gasteiger partial charge in [0.25, 0.3) is 0 Å². The third kappa shape index (κ3) is 6.60. The molecule has 0 aliphatic carbocycles. The van der Waals surface area contributed by atoms with Crippen LogP contribution in [0.5, 0.6) is 0 Å². The number of nitrogens with one attached hydrogen (secondary N) is 1. The van der Waals surface area contributed by atoms with E-state index in [1.54, 1.807) is 4.90 Å². The smallest absolute Gasteiger partial charge is 0.240 e. The molecule has 0 radical (unpaired) electrons. The topological polar surface area (TPSA) is 78.9 Å². The van der Waals surface area contributed by atoms with Gasteiger partial charge in [-0.3, -0.25) is 4.79 Å². The van der Waals surface area contributed by atoms with E-state index in [9.17, 15) is 13.2 Å². The summed E-state index contributed by atoms with van der Waals surface area (Å²) in [4.78, 5) is 16.6. The van der Waals surface area contributed by atoms with Crippen LogP contribution in [0.15, 0.2) is 0 Å². The zero-order chi connectivity index (χ0) is 16.8.